The lowest BCUT2D eigenvalue weighted by Gasteiger charge is -2.16. The number of halogens is 2. The van der Waals surface area contributed by atoms with E-state index in [4.69, 9.17) is 11.6 Å². The molecule has 2 nitrogen and oxygen atoms in total. The van der Waals surface area contributed by atoms with Gasteiger partial charge in [-0.05, 0) is 31.6 Å². The van der Waals surface area contributed by atoms with Gasteiger partial charge in [0, 0.05) is 12.4 Å². The highest BCUT2D eigenvalue weighted by molar-refractivity contribution is 9.09. The van der Waals surface area contributed by atoms with E-state index in [9.17, 15) is 0 Å². The summed E-state index contributed by atoms with van der Waals surface area (Å²) < 4.78 is 1.91. The molecule has 0 radical (unpaired) electrons. The van der Waals surface area contributed by atoms with Crippen LogP contribution in [0.1, 0.15) is 31.7 Å². The van der Waals surface area contributed by atoms with Crippen LogP contribution in [0, 0.1) is 18.8 Å². The Bertz CT molecular complexity index is 347. The van der Waals surface area contributed by atoms with Crippen LogP contribution in [-0.2, 0) is 13.5 Å². The molecule has 16 heavy (non-hydrogen) atoms. The lowest BCUT2D eigenvalue weighted by molar-refractivity contribution is 0.435. The molecule has 1 rings (SSSR count). The van der Waals surface area contributed by atoms with E-state index >= 15 is 0 Å². The molecule has 1 aromatic heterocycles. The number of nitrogens with zero attached hydrogens (tertiary/aromatic N) is 2. The van der Waals surface area contributed by atoms with Crippen molar-refractivity contribution in [2.24, 2.45) is 18.9 Å². The van der Waals surface area contributed by atoms with Crippen molar-refractivity contribution in [3.63, 3.8) is 0 Å². The molecule has 1 heterocycles. The first kappa shape index (κ1) is 14.0. The van der Waals surface area contributed by atoms with Gasteiger partial charge < -0.3 is 0 Å². The van der Waals surface area contributed by atoms with Crippen LogP contribution < -0.4 is 0 Å². The van der Waals surface area contributed by atoms with E-state index in [0.717, 1.165) is 34.1 Å². The van der Waals surface area contributed by atoms with Gasteiger partial charge in [0.2, 0.25) is 0 Å². The Labute approximate surface area is 111 Å². The Hall–Kier alpha value is -0.0200. The molecule has 0 saturated carbocycles. The summed E-state index contributed by atoms with van der Waals surface area (Å²) in [5, 5.41) is 6.20. The molecule has 0 bridgehead atoms. The largest absolute Gasteiger partial charge is 0.271 e. The third kappa shape index (κ3) is 3.49. The number of aryl methyl sites for hydroxylation is 2. The van der Waals surface area contributed by atoms with Gasteiger partial charge in [0.15, 0.2) is 0 Å². The zero-order chi connectivity index (χ0) is 12.3. The van der Waals surface area contributed by atoms with E-state index in [0.29, 0.717) is 5.92 Å². The Morgan fingerprint density at radius 2 is 2.06 bits per heavy atom. The summed E-state index contributed by atoms with van der Waals surface area (Å²) in [4.78, 5) is 0. The van der Waals surface area contributed by atoms with E-state index in [1.165, 1.54) is 6.42 Å². The molecule has 0 aliphatic heterocycles. The zero-order valence-electron chi connectivity index (χ0n) is 10.4. The number of rotatable bonds is 5. The summed E-state index contributed by atoms with van der Waals surface area (Å²) in [6.07, 6.45) is 2.21. The maximum Gasteiger partial charge on any atom is 0.0847 e. The normalized spacial score (nSPS) is 13.4. The number of hydrogen-bond acceptors (Lipinski definition) is 1. The summed E-state index contributed by atoms with van der Waals surface area (Å²) in [6, 6.07) is 0. The molecule has 0 spiro atoms. The average molecular weight is 308 g/mol. The van der Waals surface area contributed by atoms with Crippen molar-refractivity contribution >= 4 is 27.5 Å². The second kappa shape index (κ2) is 6.06. The molecule has 1 atom stereocenters. The van der Waals surface area contributed by atoms with Gasteiger partial charge in [-0.2, -0.15) is 5.10 Å². The van der Waals surface area contributed by atoms with Gasteiger partial charge in [-0.3, -0.25) is 4.68 Å². The van der Waals surface area contributed by atoms with Crippen molar-refractivity contribution in [1.82, 2.24) is 9.78 Å². The second-order valence-corrected chi connectivity index (χ2v) is 5.85. The van der Waals surface area contributed by atoms with Crippen molar-refractivity contribution in [2.45, 2.75) is 33.6 Å². The summed E-state index contributed by atoms with van der Waals surface area (Å²) in [6.45, 7) is 6.47. The summed E-state index contributed by atoms with van der Waals surface area (Å²) in [7, 11) is 1.97. The third-order valence-corrected chi connectivity index (χ3v) is 4.17. The minimum atomic E-state index is 0.632. The van der Waals surface area contributed by atoms with E-state index in [1.54, 1.807) is 0 Å². The summed E-state index contributed by atoms with van der Waals surface area (Å²) >= 11 is 9.84. The van der Waals surface area contributed by atoms with Gasteiger partial charge in [0.05, 0.1) is 16.4 Å². The Balaban J connectivity index is 2.77. The van der Waals surface area contributed by atoms with E-state index in [1.807, 2.05) is 18.7 Å². The van der Waals surface area contributed by atoms with Crippen molar-refractivity contribution in [2.75, 3.05) is 5.33 Å². The molecule has 0 aromatic carbocycles. The number of alkyl halides is 1. The van der Waals surface area contributed by atoms with Gasteiger partial charge >= 0.3 is 0 Å². The predicted molar refractivity (Wildman–Crippen MR) is 73.4 cm³/mol. The van der Waals surface area contributed by atoms with Crippen LogP contribution in [0.5, 0.6) is 0 Å². The molecule has 1 aromatic rings. The fourth-order valence-electron chi connectivity index (χ4n) is 2.04. The summed E-state index contributed by atoms with van der Waals surface area (Å²) in [5.41, 5.74) is 2.08. The topological polar surface area (TPSA) is 17.8 Å². The zero-order valence-corrected chi connectivity index (χ0v) is 12.8. The van der Waals surface area contributed by atoms with Crippen molar-refractivity contribution in [3.8, 4) is 0 Å². The monoisotopic (exact) mass is 306 g/mol. The average Bonchev–Trinajstić information content (AvgIpc) is 2.43. The fraction of sp³-hybridized carbons (Fsp3) is 0.750. The van der Waals surface area contributed by atoms with Gasteiger partial charge in [0.1, 0.15) is 0 Å². The molecule has 0 N–H and O–H groups in total. The Morgan fingerprint density at radius 1 is 1.44 bits per heavy atom. The third-order valence-electron chi connectivity index (χ3n) is 2.77. The molecule has 1 unspecified atom stereocenters. The molecule has 0 aliphatic rings. The number of hydrogen-bond donors (Lipinski definition) is 0. The highest BCUT2D eigenvalue weighted by Crippen LogP contribution is 2.25. The van der Waals surface area contributed by atoms with Gasteiger partial charge in [-0.15, -0.1) is 0 Å². The maximum atomic E-state index is 6.25. The lowest BCUT2D eigenvalue weighted by Crippen LogP contribution is -2.12. The van der Waals surface area contributed by atoms with Crippen LogP contribution in [0.2, 0.25) is 5.02 Å². The predicted octanol–water partition coefficient (Wildman–Crippen LogP) is 3.98. The Kier molecular flexibility index (Phi) is 5.32. The molecule has 92 valence electrons. The second-order valence-electron chi connectivity index (χ2n) is 4.82. The van der Waals surface area contributed by atoms with Crippen LogP contribution in [0.25, 0.3) is 0 Å². The lowest BCUT2D eigenvalue weighted by atomic mass is 9.94. The van der Waals surface area contributed by atoms with Crippen LogP contribution in [0.15, 0.2) is 0 Å². The smallest absolute Gasteiger partial charge is 0.0847 e. The fourth-order valence-corrected chi connectivity index (χ4v) is 2.77. The minimum Gasteiger partial charge on any atom is -0.271 e. The maximum absolute atomic E-state index is 6.25. The first-order valence-electron chi connectivity index (χ1n) is 5.69. The first-order valence-corrected chi connectivity index (χ1v) is 7.19. The van der Waals surface area contributed by atoms with Crippen LogP contribution in [-0.4, -0.2) is 15.1 Å². The van der Waals surface area contributed by atoms with E-state index < -0.39 is 0 Å². The highest BCUT2D eigenvalue weighted by atomic mass is 79.9. The van der Waals surface area contributed by atoms with Gasteiger partial charge in [-0.1, -0.05) is 41.4 Å². The Morgan fingerprint density at radius 3 is 2.44 bits per heavy atom. The van der Waals surface area contributed by atoms with Crippen molar-refractivity contribution in [3.05, 3.63) is 16.4 Å². The molecule has 0 amide bonds. The van der Waals surface area contributed by atoms with Crippen molar-refractivity contribution in [1.29, 1.82) is 0 Å². The van der Waals surface area contributed by atoms with Crippen LogP contribution >= 0.6 is 27.5 Å². The molecule has 0 saturated heterocycles. The molecule has 0 aliphatic carbocycles. The summed E-state index contributed by atoms with van der Waals surface area (Å²) in [5.74, 6) is 1.35. The quantitative estimate of drug-likeness (QED) is 0.752. The van der Waals surface area contributed by atoms with Gasteiger partial charge in [-0.25, -0.2) is 0 Å². The standard InChI is InChI=1S/C12H20BrClN2/c1-8(2)5-10(7-13)6-11-12(14)9(3)15-16(11)4/h8,10H,5-7H2,1-4H3. The number of aromatic nitrogens is 2. The van der Waals surface area contributed by atoms with E-state index in [2.05, 4.69) is 34.9 Å². The molecule has 0 fully saturated rings. The van der Waals surface area contributed by atoms with Crippen LogP contribution in [0.4, 0.5) is 0 Å². The molecular weight excluding hydrogens is 288 g/mol. The van der Waals surface area contributed by atoms with Gasteiger partial charge in [0.25, 0.3) is 0 Å². The van der Waals surface area contributed by atoms with Crippen molar-refractivity contribution < 1.29 is 0 Å². The molecular formula is C12H20BrClN2. The SMILES string of the molecule is Cc1nn(C)c(CC(CBr)CC(C)C)c1Cl. The van der Waals surface area contributed by atoms with E-state index in [-0.39, 0.29) is 0 Å². The minimum absolute atomic E-state index is 0.632. The highest BCUT2D eigenvalue weighted by Gasteiger charge is 2.17. The van der Waals surface area contributed by atoms with Crippen LogP contribution in [0.3, 0.4) is 0 Å². The first-order chi connectivity index (χ1) is 7.45. The molecule has 4 heteroatoms.